The van der Waals surface area contributed by atoms with E-state index in [2.05, 4.69) is 10.4 Å². The predicted octanol–water partition coefficient (Wildman–Crippen LogP) is 4.92. The summed E-state index contributed by atoms with van der Waals surface area (Å²) in [5.41, 5.74) is 12.6. The van der Waals surface area contributed by atoms with Crippen LogP contribution in [0.4, 0.5) is 11.5 Å². The molecule has 33 heavy (non-hydrogen) atoms. The zero-order valence-corrected chi connectivity index (χ0v) is 18.3. The fourth-order valence-electron chi connectivity index (χ4n) is 3.76. The standard InChI is InChI=1S/C26H22N6O/c1-16-8-7-11-19(14-16)29-26(33)22-23-25(31-21-13-6-5-12-20(21)30-23)32(24(22)27)28-15-18-10-4-3-9-17(18)2/h3-15H,27H2,1-2H3,(H,29,33). The van der Waals surface area contributed by atoms with Gasteiger partial charge in [0.15, 0.2) is 5.65 Å². The van der Waals surface area contributed by atoms with Crippen molar-refractivity contribution in [3.05, 3.63) is 95.1 Å². The third-order valence-corrected chi connectivity index (χ3v) is 5.48. The van der Waals surface area contributed by atoms with Crippen LogP contribution >= 0.6 is 0 Å². The summed E-state index contributed by atoms with van der Waals surface area (Å²) in [6.45, 7) is 3.97. The van der Waals surface area contributed by atoms with Crippen molar-refractivity contribution >= 4 is 45.8 Å². The number of rotatable bonds is 4. The second-order valence-corrected chi connectivity index (χ2v) is 7.88. The van der Waals surface area contributed by atoms with Crippen LogP contribution in [0, 0.1) is 13.8 Å². The lowest BCUT2D eigenvalue weighted by Gasteiger charge is -2.06. The van der Waals surface area contributed by atoms with Crippen molar-refractivity contribution in [1.29, 1.82) is 0 Å². The molecule has 0 fully saturated rings. The largest absolute Gasteiger partial charge is 0.383 e. The van der Waals surface area contributed by atoms with Crippen molar-refractivity contribution in [1.82, 2.24) is 14.6 Å². The molecule has 0 saturated heterocycles. The van der Waals surface area contributed by atoms with E-state index in [1.54, 1.807) is 6.21 Å². The van der Waals surface area contributed by atoms with Crippen molar-refractivity contribution in [3.8, 4) is 0 Å². The van der Waals surface area contributed by atoms with Crippen LogP contribution in [0.15, 0.2) is 77.9 Å². The number of nitrogens with zero attached hydrogens (tertiary/aromatic N) is 4. The number of hydrogen-bond acceptors (Lipinski definition) is 5. The van der Waals surface area contributed by atoms with E-state index in [0.29, 0.717) is 27.9 Å². The molecule has 162 valence electrons. The van der Waals surface area contributed by atoms with Gasteiger partial charge in [0.2, 0.25) is 0 Å². The molecule has 5 aromatic rings. The lowest BCUT2D eigenvalue weighted by Crippen LogP contribution is -2.14. The summed E-state index contributed by atoms with van der Waals surface area (Å²) in [6, 6.07) is 23.0. The zero-order valence-electron chi connectivity index (χ0n) is 18.3. The van der Waals surface area contributed by atoms with E-state index in [9.17, 15) is 4.79 Å². The van der Waals surface area contributed by atoms with E-state index in [-0.39, 0.29) is 17.3 Å². The van der Waals surface area contributed by atoms with Gasteiger partial charge in [0.25, 0.3) is 5.91 Å². The number of anilines is 2. The molecule has 3 aromatic carbocycles. The number of nitrogens with two attached hydrogens (primary N) is 1. The molecular formula is C26H22N6O. The van der Waals surface area contributed by atoms with Crippen molar-refractivity contribution in [2.75, 3.05) is 11.1 Å². The third-order valence-electron chi connectivity index (χ3n) is 5.48. The van der Waals surface area contributed by atoms with Gasteiger partial charge in [-0.15, -0.1) is 0 Å². The molecule has 0 bridgehead atoms. The number of nitrogen functional groups attached to an aromatic ring is 1. The fraction of sp³-hybridized carbons (Fsp3) is 0.0769. The number of aryl methyl sites for hydroxylation is 2. The predicted molar refractivity (Wildman–Crippen MR) is 133 cm³/mol. The van der Waals surface area contributed by atoms with Gasteiger partial charge in [0.05, 0.1) is 17.2 Å². The van der Waals surface area contributed by atoms with Crippen LogP contribution in [0.5, 0.6) is 0 Å². The summed E-state index contributed by atoms with van der Waals surface area (Å²) in [7, 11) is 0. The minimum absolute atomic E-state index is 0.176. The summed E-state index contributed by atoms with van der Waals surface area (Å²) < 4.78 is 1.48. The molecule has 0 radical (unpaired) electrons. The molecule has 0 aliphatic heterocycles. The van der Waals surface area contributed by atoms with Crippen LogP contribution in [0.2, 0.25) is 0 Å². The number of fused-ring (bicyclic) bond motifs is 2. The number of hydrogen-bond donors (Lipinski definition) is 2. The first-order valence-electron chi connectivity index (χ1n) is 10.6. The summed E-state index contributed by atoms with van der Waals surface area (Å²) in [6.07, 6.45) is 1.71. The van der Waals surface area contributed by atoms with Gasteiger partial charge in [-0.2, -0.15) is 9.78 Å². The van der Waals surface area contributed by atoms with Crippen molar-refractivity contribution in [2.45, 2.75) is 13.8 Å². The maximum absolute atomic E-state index is 13.3. The second-order valence-electron chi connectivity index (χ2n) is 7.88. The molecule has 3 N–H and O–H groups in total. The van der Waals surface area contributed by atoms with Crippen molar-refractivity contribution < 1.29 is 4.79 Å². The fourth-order valence-corrected chi connectivity index (χ4v) is 3.76. The number of carbonyl (C=O) groups excluding carboxylic acids is 1. The summed E-state index contributed by atoms with van der Waals surface area (Å²) >= 11 is 0. The van der Waals surface area contributed by atoms with Crippen LogP contribution in [0.1, 0.15) is 27.0 Å². The number of aromatic nitrogens is 3. The van der Waals surface area contributed by atoms with Gasteiger partial charge in [0.1, 0.15) is 16.9 Å². The van der Waals surface area contributed by atoms with Crippen LogP contribution < -0.4 is 11.1 Å². The Bertz CT molecular complexity index is 1550. The molecule has 1 amide bonds. The molecule has 0 aliphatic carbocycles. The lowest BCUT2D eigenvalue weighted by molar-refractivity contribution is 0.102. The van der Waals surface area contributed by atoms with E-state index in [4.69, 9.17) is 15.7 Å². The van der Waals surface area contributed by atoms with Gasteiger partial charge in [-0.05, 0) is 54.8 Å². The van der Waals surface area contributed by atoms with E-state index in [1.807, 2.05) is 86.6 Å². The maximum atomic E-state index is 13.3. The summed E-state index contributed by atoms with van der Waals surface area (Å²) in [5.74, 6) is -0.187. The second kappa shape index (κ2) is 8.20. The highest BCUT2D eigenvalue weighted by atomic mass is 16.1. The average Bonchev–Trinajstić information content (AvgIpc) is 3.07. The van der Waals surface area contributed by atoms with Crippen molar-refractivity contribution in [3.63, 3.8) is 0 Å². The van der Waals surface area contributed by atoms with Gasteiger partial charge < -0.3 is 11.1 Å². The first kappa shape index (κ1) is 20.4. The van der Waals surface area contributed by atoms with Gasteiger partial charge in [0, 0.05) is 5.69 Å². The maximum Gasteiger partial charge on any atom is 0.261 e. The molecule has 0 aliphatic rings. The number of amides is 1. The molecule has 7 nitrogen and oxygen atoms in total. The molecule has 0 saturated carbocycles. The molecule has 5 rings (SSSR count). The normalized spacial score (nSPS) is 11.5. The van der Waals surface area contributed by atoms with Crippen LogP contribution in [0.3, 0.4) is 0 Å². The van der Waals surface area contributed by atoms with E-state index in [0.717, 1.165) is 16.7 Å². The van der Waals surface area contributed by atoms with Gasteiger partial charge >= 0.3 is 0 Å². The molecule has 0 unspecified atom stereocenters. The molecular weight excluding hydrogens is 412 g/mol. The van der Waals surface area contributed by atoms with E-state index < -0.39 is 0 Å². The Labute approximate surface area is 190 Å². The van der Waals surface area contributed by atoms with Gasteiger partial charge in [-0.25, -0.2) is 9.97 Å². The number of nitrogens with one attached hydrogen (secondary N) is 1. The highest BCUT2D eigenvalue weighted by Gasteiger charge is 2.24. The molecule has 0 spiro atoms. The average molecular weight is 435 g/mol. The molecule has 2 heterocycles. The SMILES string of the molecule is Cc1cccc(NC(=O)c2c(N)n(N=Cc3ccccc3C)c3nc4ccccc4nc23)c1. The third kappa shape index (κ3) is 3.80. The van der Waals surface area contributed by atoms with Gasteiger partial charge in [-0.3, -0.25) is 4.79 Å². The smallest absolute Gasteiger partial charge is 0.261 e. The number of carbonyl (C=O) groups is 1. The van der Waals surface area contributed by atoms with Crippen LogP contribution in [0.25, 0.3) is 22.2 Å². The number of para-hydroxylation sites is 2. The Hall–Kier alpha value is -4.52. The Morgan fingerprint density at radius 1 is 0.970 bits per heavy atom. The Morgan fingerprint density at radius 3 is 2.45 bits per heavy atom. The zero-order chi connectivity index (χ0) is 22.9. The first-order valence-corrected chi connectivity index (χ1v) is 10.6. The Balaban J connectivity index is 1.68. The van der Waals surface area contributed by atoms with Crippen LogP contribution in [-0.4, -0.2) is 26.8 Å². The highest BCUT2D eigenvalue weighted by Crippen LogP contribution is 2.29. The van der Waals surface area contributed by atoms with E-state index >= 15 is 0 Å². The minimum Gasteiger partial charge on any atom is -0.383 e. The lowest BCUT2D eigenvalue weighted by atomic mass is 10.1. The topological polar surface area (TPSA) is 98.2 Å². The monoisotopic (exact) mass is 434 g/mol. The number of benzene rings is 3. The Kier molecular flexibility index (Phi) is 5.06. The molecule has 2 aromatic heterocycles. The summed E-state index contributed by atoms with van der Waals surface area (Å²) in [4.78, 5) is 22.8. The molecule has 7 heteroatoms. The van der Waals surface area contributed by atoms with Crippen molar-refractivity contribution in [2.24, 2.45) is 5.10 Å². The van der Waals surface area contributed by atoms with Gasteiger partial charge in [-0.1, -0.05) is 48.5 Å². The quantitative estimate of drug-likeness (QED) is 0.392. The first-order chi connectivity index (χ1) is 16.0. The minimum atomic E-state index is -0.363. The Morgan fingerprint density at radius 2 is 1.70 bits per heavy atom. The highest BCUT2D eigenvalue weighted by molar-refractivity contribution is 6.16. The van der Waals surface area contributed by atoms with Crippen LogP contribution in [-0.2, 0) is 0 Å². The van der Waals surface area contributed by atoms with E-state index in [1.165, 1.54) is 4.68 Å². The molecule has 0 atom stereocenters. The summed E-state index contributed by atoms with van der Waals surface area (Å²) in [5, 5.41) is 7.50.